The van der Waals surface area contributed by atoms with Crippen molar-refractivity contribution in [3.63, 3.8) is 0 Å². The fraction of sp³-hybridized carbons (Fsp3) is 0.923. The minimum atomic E-state index is -0.708. The first-order chi connectivity index (χ1) is 8.04. The molecule has 3 atom stereocenters. The van der Waals surface area contributed by atoms with Crippen LogP contribution in [0.5, 0.6) is 0 Å². The third kappa shape index (κ3) is 2.63. The lowest BCUT2D eigenvalue weighted by Gasteiger charge is -2.28. The maximum absolute atomic E-state index is 12.1. The Kier molecular flexibility index (Phi) is 3.73. The molecule has 0 aromatic rings. The van der Waals surface area contributed by atoms with Gasteiger partial charge in [0.15, 0.2) is 0 Å². The fourth-order valence-electron chi connectivity index (χ4n) is 3.22. The number of carbonyl (C=O) groups excluding carboxylic acids is 1. The minimum absolute atomic E-state index is 0.0260. The summed E-state index contributed by atoms with van der Waals surface area (Å²) in [4.78, 5) is 14.6. The number of rotatable bonds is 4. The van der Waals surface area contributed by atoms with Gasteiger partial charge < -0.3 is 11.1 Å². The van der Waals surface area contributed by atoms with Crippen LogP contribution in [0.2, 0.25) is 0 Å². The molecule has 0 radical (unpaired) electrons. The Bertz CT molecular complexity index is 290. The Morgan fingerprint density at radius 1 is 1.47 bits per heavy atom. The van der Waals surface area contributed by atoms with Crippen molar-refractivity contribution in [1.82, 2.24) is 10.2 Å². The summed E-state index contributed by atoms with van der Waals surface area (Å²) >= 11 is 0. The van der Waals surface area contributed by atoms with E-state index in [0.29, 0.717) is 12.1 Å². The molecule has 17 heavy (non-hydrogen) atoms. The molecule has 1 amide bonds. The van der Waals surface area contributed by atoms with Gasteiger partial charge in [-0.25, -0.2) is 0 Å². The summed E-state index contributed by atoms with van der Waals surface area (Å²) in [6.07, 6.45) is 5.27. The summed E-state index contributed by atoms with van der Waals surface area (Å²) in [5.41, 5.74) is 5.35. The highest BCUT2D eigenvalue weighted by Gasteiger charge is 2.39. The molecule has 0 bridgehead atoms. The summed E-state index contributed by atoms with van der Waals surface area (Å²) in [7, 11) is 0. The number of nitrogens with two attached hydrogens (primary N) is 1. The highest BCUT2D eigenvalue weighted by molar-refractivity contribution is 5.85. The molecular weight excluding hydrogens is 214 g/mol. The summed E-state index contributed by atoms with van der Waals surface area (Å²) in [6, 6.07) is 0.890. The molecule has 0 aliphatic carbocycles. The van der Waals surface area contributed by atoms with E-state index in [2.05, 4.69) is 17.1 Å². The van der Waals surface area contributed by atoms with Crippen molar-refractivity contribution in [2.24, 2.45) is 5.73 Å². The van der Waals surface area contributed by atoms with E-state index in [-0.39, 0.29) is 5.91 Å². The zero-order valence-electron chi connectivity index (χ0n) is 11.0. The zero-order chi connectivity index (χ0) is 12.5. The molecule has 4 nitrogen and oxygen atoms in total. The van der Waals surface area contributed by atoms with Crippen LogP contribution in [0.25, 0.3) is 0 Å². The third-order valence-corrected chi connectivity index (χ3v) is 4.21. The second-order valence-corrected chi connectivity index (χ2v) is 5.78. The average molecular weight is 239 g/mol. The predicted octanol–water partition coefficient (Wildman–Crippen LogP) is 0.857. The van der Waals surface area contributed by atoms with Gasteiger partial charge in [0.2, 0.25) is 5.91 Å². The van der Waals surface area contributed by atoms with E-state index in [0.717, 1.165) is 25.8 Å². The molecule has 2 aliphatic rings. The third-order valence-electron chi connectivity index (χ3n) is 4.21. The summed E-state index contributed by atoms with van der Waals surface area (Å²) in [5, 5.41) is 3.17. The minimum Gasteiger partial charge on any atom is -0.350 e. The first-order valence-corrected chi connectivity index (χ1v) is 6.88. The predicted molar refractivity (Wildman–Crippen MR) is 68.6 cm³/mol. The van der Waals surface area contributed by atoms with Crippen LogP contribution in [-0.4, -0.2) is 41.5 Å². The second-order valence-electron chi connectivity index (χ2n) is 5.78. The van der Waals surface area contributed by atoms with E-state index in [1.807, 2.05) is 6.92 Å². The normalized spacial score (nSPS) is 32.2. The fourth-order valence-corrected chi connectivity index (χ4v) is 3.22. The van der Waals surface area contributed by atoms with Crippen LogP contribution in [0.3, 0.4) is 0 Å². The summed E-state index contributed by atoms with van der Waals surface area (Å²) in [6.45, 7) is 6.23. The van der Waals surface area contributed by atoms with Crippen molar-refractivity contribution in [1.29, 1.82) is 0 Å². The summed E-state index contributed by atoms with van der Waals surface area (Å²) in [5.74, 6) is 0.0260. The molecule has 2 fully saturated rings. The summed E-state index contributed by atoms with van der Waals surface area (Å²) < 4.78 is 0. The SMILES string of the molecule is CCCC(C)(N)C(=O)NC1CCN2CCCC12. The van der Waals surface area contributed by atoms with E-state index in [1.165, 1.54) is 19.4 Å². The van der Waals surface area contributed by atoms with Gasteiger partial charge in [0.1, 0.15) is 0 Å². The number of amides is 1. The van der Waals surface area contributed by atoms with Crippen LogP contribution in [-0.2, 0) is 4.79 Å². The smallest absolute Gasteiger partial charge is 0.240 e. The van der Waals surface area contributed by atoms with Gasteiger partial charge in [0.05, 0.1) is 5.54 Å². The molecule has 0 aromatic heterocycles. The van der Waals surface area contributed by atoms with Gasteiger partial charge in [-0.2, -0.15) is 0 Å². The molecule has 3 N–H and O–H groups in total. The van der Waals surface area contributed by atoms with Gasteiger partial charge in [0.25, 0.3) is 0 Å². The maximum Gasteiger partial charge on any atom is 0.240 e. The Balaban J connectivity index is 1.90. The molecular formula is C13H25N3O. The van der Waals surface area contributed by atoms with Crippen molar-refractivity contribution in [2.75, 3.05) is 13.1 Å². The van der Waals surface area contributed by atoms with E-state index in [9.17, 15) is 4.79 Å². The second kappa shape index (κ2) is 4.94. The van der Waals surface area contributed by atoms with Crippen LogP contribution >= 0.6 is 0 Å². The Hall–Kier alpha value is -0.610. The van der Waals surface area contributed by atoms with Crippen LogP contribution in [0.1, 0.15) is 46.0 Å². The highest BCUT2D eigenvalue weighted by Crippen LogP contribution is 2.28. The molecule has 2 saturated heterocycles. The molecule has 2 aliphatic heterocycles. The Labute approximate surface area is 104 Å². The number of fused-ring (bicyclic) bond motifs is 1. The monoisotopic (exact) mass is 239 g/mol. The van der Waals surface area contributed by atoms with Crippen molar-refractivity contribution < 1.29 is 4.79 Å². The molecule has 98 valence electrons. The molecule has 4 heteroatoms. The highest BCUT2D eigenvalue weighted by atomic mass is 16.2. The Morgan fingerprint density at radius 2 is 2.24 bits per heavy atom. The molecule has 2 rings (SSSR count). The first-order valence-electron chi connectivity index (χ1n) is 6.88. The lowest BCUT2D eigenvalue weighted by molar-refractivity contribution is -0.126. The van der Waals surface area contributed by atoms with Crippen molar-refractivity contribution in [3.8, 4) is 0 Å². The zero-order valence-corrected chi connectivity index (χ0v) is 11.0. The van der Waals surface area contributed by atoms with Gasteiger partial charge in [-0.3, -0.25) is 9.69 Å². The molecule has 0 spiro atoms. The van der Waals surface area contributed by atoms with Crippen LogP contribution in [0, 0.1) is 0 Å². The number of nitrogens with one attached hydrogen (secondary N) is 1. The van der Waals surface area contributed by atoms with E-state index < -0.39 is 5.54 Å². The van der Waals surface area contributed by atoms with Gasteiger partial charge in [-0.15, -0.1) is 0 Å². The number of hydrogen-bond acceptors (Lipinski definition) is 3. The van der Waals surface area contributed by atoms with Gasteiger partial charge >= 0.3 is 0 Å². The number of nitrogens with zero attached hydrogens (tertiary/aromatic N) is 1. The van der Waals surface area contributed by atoms with E-state index >= 15 is 0 Å². The Morgan fingerprint density at radius 3 is 2.94 bits per heavy atom. The van der Waals surface area contributed by atoms with E-state index in [1.54, 1.807) is 0 Å². The molecule has 2 heterocycles. The molecule has 0 aromatic carbocycles. The quantitative estimate of drug-likeness (QED) is 0.765. The lowest BCUT2D eigenvalue weighted by Crippen LogP contribution is -2.55. The topological polar surface area (TPSA) is 58.4 Å². The first kappa shape index (κ1) is 12.8. The van der Waals surface area contributed by atoms with Gasteiger partial charge in [-0.1, -0.05) is 13.3 Å². The standard InChI is InChI=1S/C13H25N3O/c1-3-7-13(2,14)12(17)15-10-6-9-16-8-4-5-11(10)16/h10-11H,3-9,14H2,1-2H3,(H,15,17). The van der Waals surface area contributed by atoms with Crippen LogP contribution < -0.4 is 11.1 Å². The molecule has 3 unspecified atom stereocenters. The van der Waals surface area contributed by atoms with Crippen molar-refractivity contribution in [3.05, 3.63) is 0 Å². The molecule has 0 saturated carbocycles. The maximum atomic E-state index is 12.1. The van der Waals surface area contributed by atoms with E-state index in [4.69, 9.17) is 5.73 Å². The van der Waals surface area contributed by atoms with Gasteiger partial charge in [0, 0.05) is 18.6 Å². The largest absolute Gasteiger partial charge is 0.350 e. The van der Waals surface area contributed by atoms with Crippen molar-refractivity contribution in [2.45, 2.75) is 63.6 Å². The average Bonchev–Trinajstić information content (AvgIpc) is 2.82. The van der Waals surface area contributed by atoms with Crippen LogP contribution in [0.15, 0.2) is 0 Å². The lowest BCUT2D eigenvalue weighted by atomic mass is 9.95. The number of carbonyl (C=O) groups is 1. The number of hydrogen-bond donors (Lipinski definition) is 2. The van der Waals surface area contributed by atoms with Crippen molar-refractivity contribution >= 4 is 5.91 Å². The van der Waals surface area contributed by atoms with Gasteiger partial charge in [-0.05, 0) is 39.2 Å². The van der Waals surface area contributed by atoms with Crippen LogP contribution in [0.4, 0.5) is 0 Å².